The normalized spacial score (nSPS) is 11.9. The van der Waals surface area contributed by atoms with E-state index in [2.05, 4.69) is 83.4 Å². The third-order valence-electron chi connectivity index (χ3n) is 6.25. The van der Waals surface area contributed by atoms with E-state index in [0.29, 0.717) is 0 Å². The smallest absolute Gasteiger partial charge is 0.0986 e. The van der Waals surface area contributed by atoms with Gasteiger partial charge in [-0.1, -0.05) is 60.7 Å². The molecular formula is C28H17N3. The van der Waals surface area contributed by atoms with Gasteiger partial charge in [-0.15, -0.1) is 0 Å². The molecule has 3 nitrogen and oxygen atoms in total. The summed E-state index contributed by atoms with van der Waals surface area (Å²) in [5.41, 5.74) is 5.44. The molecule has 0 saturated heterocycles. The maximum atomic E-state index is 4.75. The van der Waals surface area contributed by atoms with Gasteiger partial charge in [0.15, 0.2) is 0 Å². The summed E-state index contributed by atoms with van der Waals surface area (Å²) in [5, 5.41) is 7.18. The van der Waals surface area contributed by atoms with Crippen molar-refractivity contribution in [2.75, 3.05) is 0 Å². The predicted molar refractivity (Wildman–Crippen MR) is 129 cm³/mol. The van der Waals surface area contributed by atoms with Crippen molar-refractivity contribution in [2.45, 2.75) is 0 Å². The Labute approximate surface area is 178 Å². The quantitative estimate of drug-likeness (QED) is 0.279. The molecule has 7 rings (SSSR count). The van der Waals surface area contributed by atoms with Gasteiger partial charge in [0, 0.05) is 39.3 Å². The van der Waals surface area contributed by atoms with Gasteiger partial charge in [0.05, 0.1) is 27.8 Å². The first-order chi connectivity index (χ1) is 15.4. The van der Waals surface area contributed by atoms with Crippen molar-refractivity contribution in [3.05, 3.63) is 103 Å². The van der Waals surface area contributed by atoms with Crippen molar-refractivity contribution >= 4 is 54.4 Å². The topological polar surface area (TPSA) is 30.7 Å². The van der Waals surface area contributed by atoms with Crippen molar-refractivity contribution in [1.82, 2.24) is 14.5 Å². The van der Waals surface area contributed by atoms with Crippen LogP contribution in [0, 0.1) is 0 Å². The fourth-order valence-corrected chi connectivity index (χ4v) is 5.00. The summed E-state index contributed by atoms with van der Waals surface area (Å²) in [6.45, 7) is 0. The molecule has 144 valence electrons. The summed E-state index contributed by atoms with van der Waals surface area (Å²) in [4.78, 5) is 9.48. The summed E-state index contributed by atoms with van der Waals surface area (Å²) < 4.78 is 2.41. The molecule has 3 heterocycles. The minimum absolute atomic E-state index is 0.940. The Morgan fingerprint density at radius 3 is 2.03 bits per heavy atom. The van der Waals surface area contributed by atoms with Gasteiger partial charge in [-0.25, -0.2) is 0 Å². The zero-order valence-electron chi connectivity index (χ0n) is 16.7. The van der Waals surface area contributed by atoms with Gasteiger partial charge in [0.1, 0.15) is 0 Å². The molecule has 0 aliphatic rings. The molecule has 0 fully saturated rings. The van der Waals surface area contributed by atoms with Crippen LogP contribution in [0.15, 0.2) is 103 Å². The fourth-order valence-electron chi connectivity index (χ4n) is 5.00. The highest BCUT2D eigenvalue weighted by Gasteiger charge is 2.20. The monoisotopic (exact) mass is 395 g/mol. The van der Waals surface area contributed by atoms with Crippen LogP contribution >= 0.6 is 0 Å². The average Bonchev–Trinajstić information content (AvgIpc) is 3.19. The molecule has 3 aromatic heterocycles. The number of pyridine rings is 2. The third-order valence-corrected chi connectivity index (χ3v) is 6.25. The second-order valence-corrected chi connectivity index (χ2v) is 7.87. The van der Waals surface area contributed by atoms with Crippen molar-refractivity contribution < 1.29 is 0 Å². The van der Waals surface area contributed by atoms with E-state index in [-0.39, 0.29) is 0 Å². The second kappa shape index (κ2) is 6.13. The Bertz CT molecular complexity index is 1790. The number of hydrogen-bond acceptors (Lipinski definition) is 2. The number of nitrogens with zero attached hydrogens (tertiary/aromatic N) is 3. The number of para-hydroxylation sites is 1. The lowest BCUT2D eigenvalue weighted by Crippen LogP contribution is -1.96. The van der Waals surface area contributed by atoms with Gasteiger partial charge in [0.2, 0.25) is 0 Å². The number of aromatic nitrogens is 3. The molecule has 0 aliphatic heterocycles. The molecule has 3 heteroatoms. The Morgan fingerprint density at radius 1 is 0.516 bits per heavy atom. The molecule has 0 amide bonds. The fraction of sp³-hybridized carbons (Fsp3) is 0. The second-order valence-electron chi connectivity index (χ2n) is 7.87. The first kappa shape index (κ1) is 16.5. The van der Waals surface area contributed by atoms with E-state index in [4.69, 9.17) is 9.97 Å². The first-order valence-electron chi connectivity index (χ1n) is 10.4. The van der Waals surface area contributed by atoms with Crippen LogP contribution in [0.1, 0.15) is 0 Å². The van der Waals surface area contributed by atoms with Crippen molar-refractivity contribution in [3.63, 3.8) is 0 Å². The van der Waals surface area contributed by atoms with Gasteiger partial charge in [-0.3, -0.25) is 9.97 Å². The maximum absolute atomic E-state index is 4.75. The predicted octanol–water partition coefficient (Wildman–Crippen LogP) is 7.03. The molecule has 0 spiro atoms. The molecule has 0 unspecified atom stereocenters. The molecule has 0 bridgehead atoms. The highest BCUT2D eigenvalue weighted by Crippen LogP contribution is 2.41. The largest absolute Gasteiger partial charge is 0.308 e. The van der Waals surface area contributed by atoms with E-state index in [1.807, 2.05) is 24.5 Å². The SMILES string of the molecule is c1ccc2c(-n3c4ccccc4c4c5cccnc5c5ncccc5c43)cccc2c1. The standard InChI is InChI=1S/C28H17N3/c1-2-10-19-18(8-1)9-5-15-23(19)31-24-14-4-3-11-20(24)25-21-12-6-16-29-26(21)27-22(28(25)31)13-7-17-30-27/h1-17H. The van der Waals surface area contributed by atoms with Crippen molar-refractivity contribution in [3.8, 4) is 5.69 Å². The highest BCUT2D eigenvalue weighted by atomic mass is 15.0. The van der Waals surface area contributed by atoms with E-state index in [1.165, 1.54) is 38.3 Å². The molecule has 0 N–H and O–H groups in total. The van der Waals surface area contributed by atoms with Crippen LogP contribution in [-0.2, 0) is 0 Å². The van der Waals surface area contributed by atoms with E-state index in [0.717, 1.165) is 21.8 Å². The molecule has 4 aromatic carbocycles. The van der Waals surface area contributed by atoms with Crippen LogP contribution in [0.5, 0.6) is 0 Å². The molecular weight excluding hydrogens is 378 g/mol. The maximum Gasteiger partial charge on any atom is 0.0986 e. The molecule has 31 heavy (non-hydrogen) atoms. The van der Waals surface area contributed by atoms with Gasteiger partial charge in [-0.05, 0) is 35.7 Å². The van der Waals surface area contributed by atoms with Crippen LogP contribution in [0.25, 0.3) is 60.1 Å². The van der Waals surface area contributed by atoms with Crippen LogP contribution < -0.4 is 0 Å². The van der Waals surface area contributed by atoms with E-state index >= 15 is 0 Å². The highest BCUT2D eigenvalue weighted by molar-refractivity contribution is 6.30. The molecule has 7 aromatic rings. The van der Waals surface area contributed by atoms with Gasteiger partial charge in [0.25, 0.3) is 0 Å². The zero-order valence-corrected chi connectivity index (χ0v) is 16.7. The third kappa shape index (κ3) is 2.18. The van der Waals surface area contributed by atoms with Crippen LogP contribution in [0.3, 0.4) is 0 Å². The zero-order chi connectivity index (χ0) is 20.4. The lowest BCUT2D eigenvalue weighted by molar-refractivity contribution is 1.20. The van der Waals surface area contributed by atoms with Crippen molar-refractivity contribution in [2.24, 2.45) is 0 Å². The first-order valence-corrected chi connectivity index (χ1v) is 10.4. The Balaban J connectivity index is 1.84. The summed E-state index contributed by atoms with van der Waals surface area (Å²) in [7, 11) is 0. The molecule has 0 saturated carbocycles. The van der Waals surface area contributed by atoms with Crippen molar-refractivity contribution in [1.29, 1.82) is 0 Å². The minimum atomic E-state index is 0.940. The Hall–Kier alpha value is -4.24. The number of fused-ring (bicyclic) bond motifs is 9. The van der Waals surface area contributed by atoms with Crippen LogP contribution in [0.4, 0.5) is 0 Å². The summed E-state index contributed by atoms with van der Waals surface area (Å²) in [6.07, 6.45) is 3.71. The van der Waals surface area contributed by atoms with Crippen LogP contribution in [0.2, 0.25) is 0 Å². The summed E-state index contributed by atoms with van der Waals surface area (Å²) in [5.74, 6) is 0. The minimum Gasteiger partial charge on any atom is -0.308 e. The number of hydrogen-bond donors (Lipinski definition) is 0. The molecule has 0 atom stereocenters. The summed E-state index contributed by atoms with van der Waals surface area (Å²) >= 11 is 0. The average molecular weight is 395 g/mol. The van der Waals surface area contributed by atoms with Gasteiger partial charge < -0.3 is 4.57 Å². The molecule has 0 aliphatic carbocycles. The number of rotatable bonds is 1. The van der Waals surface area contributed by atoms with E-state index < -0.39 is 0 Å². The van der Waals surface area contributed by atoms with Crippen LogP contribution in [-0.4, -0.2) is 14.5 Å². The van der Waals surface area contributed by atoms with E-state index in [9.17, 15) is 0 Å². The van der Waals surface area contributed by atoms with Gasteiger partial charge >= 0.3 is 0 Å². The molecule has 0 radical (unpaired) electrons. The lowest BCUT2D eigenvalue weighted by atomic mass is 10.0. The lowest BCUT2D eigenvalue weighted by Gasteiger charge is -2.13. The Morgan fingerprint density at radius 2 is 1.16 bits per heavy atom. The summed E-state index contributed by atoms with van der Waals surface area (Å²) in [6, 6.07) is 32.1. The van der Waals surface area contributed by atoms with Gasteiger partial charge in [-0.2, -0.15) is 0 Å². The Kier molecular flexibility index (Phi) is 3.27. The number of benzene rings is 4. The van der Waals surface area contributed by atoms with E-state index in [1.54, 1.807) is 0 Å².